The summed E-state index contributed by atoms with van der Waals surface area (Å²) < 4.78 is 0. The molecule has 0 aromatic heterocycles. The van der Waals surface area contributed by atoms with Crippen LogP contribution < -0.4 is 4.90 Å². The zero-order chi connectivity index (χ0) is 24.9. The van der Waals surface area contributed by atoms with Gasteiger partial charge in [0.2, 0.25) is 0 Å². The summed E-state index contributed by atoms with van der Waals surface area (Å²) in [4.78, 5) is 16.2. The fourth-order valence-corrected chi connectivity index (χ4v) is 5.92. The van der Waals surface area contributed by atoms with E-state index in [0.29, 0.717) is 11.1 Å². The number of nitrogens with zero attached hydrogens (tertiary/aromatic N) is 3. The predicted molar refractivity (Wildman–Crippen MR) is 138 cm³/mol. The third-order valence-electron chi connectivity index (χ3n) is 7.51. The molecule has 6 rings (SSSR count). The van der Waals surface area contributed by atoms with E-state index in [1.165, 1.54) is 6.07 Å². The largest absolute Gasteiger partial charge is 0.508 e. The van der Waals surface area contributed by atoms with Crippen molar-refractivity contribution in [3.63, 3.8) is 0 Å². The van der Waals surface area contributed by atoms with Gasteiger partial charge < -0.3 is 10.0 Å². The standard InChI is InChI=1S/C31H21N3O2/c32-18-31(19-33)27-17-15-23-22-11-5-4-8-20(22)14-16-25(23)34(27)29(30(36)21-9-2-1-3-10-21)28(31)24-12-6-7-13-26(24)35/h1-17,27-29,35H/t27-,28-,29+/m1/s1. The van der Waals surface area contributed by atoms with Gasteiger partial charge in [-0.25, -0.2) is 0 Å². The number of Topliss-reactive ketones (excluding diaryl/α,β-unsaturated/α-hetero) is 1. The molecule has 0 bridgehead atoms. The normalized spacial score (nSPS) is 21.3. The number of ketones is 1. The molecule has 3 atom stereocenters. The molecule has 2 heterocycles. The summed E-state index contributed by atoms with van der Waals surface area (Å²) in [6.45, 7) is 0. The Morgan fingerprint density at radius 1 is 0.861 bits per heavy atom. The van der Waals surface area contributed by atoms with Gasteiger partial charge in [-0.05, 0) is 22.9 Å². The van der Waals surface area contributed by atoms with Crippen LogP contribution in [-0.4, -0.2) is 23.0 Å². The number of carbonyl (C=O) groups is 1. The van der Waals surface area contributed by atoms with E-state index in [-0.39, 0.29) is 11.5 Å². The monoisotopic (exact) mass is 467 g/mol. The van der Waals surface area contributed by atoms with Gasteiger partial charge in [-0.1, -0.05) is 91.0 Å². The Kier molecular flexibility index (Phi) is 4.88. The summed E-state index contributed by atoms with van der Waals surface area (Å²) in [5.41, 5.74) is 1.04. The van der Waals surface area contributed by atoms with E-state index < -0.39 is 23.4 Å². The minimum atomic E-state index is -1.60. The van der Waals surface area contributed by atoms with Crippen LogP contribution in [0.1, 0.15) is 27.4 Å². The Hall–Kier alpha value is -4.87. The quantitative estimate of drug-likeness (QED) is 0.383. The Labute approximate surface area is 208 Å². The van der Waals surface area contributed by atoms with Gasteiger partial charge in [-0.2, -0.15) is 10.5 Å². The van der Waals surface area contributed by atoms with Crippen LogP contribution in [0.2, 0.25) is 0 Å². The van der Waals surface area contributed by atoms with Crippen LogP contribution in [0.4, 0.5) is 5.69 Å². The number of phenols is 1. The van der Waals surface area contributed by atoms with Gasteiger partial charge in [0.15, 0.2) is 11.2 Å². The van der Waals surface area contributed by atoms with Crippen LogP contribution in [0, 0.1) is 28.1 Å². The lowest BCUT2D eigenvalue weighted by molar-refractivity contribution is 0.0950. The van der Waals surface area contributed by atoms with Crippen molar-refractivity contribution < 1.29 is 9.90 Å². The molecule has 36 heavy (non-hydrogen) atoms. The van der Waals surface area contributed by atoms with Crippen molar-refractivity contribution in [3.8, 4) is 17.9 Å². The Balaban J connectivity index is 1.67. The molecule has 0 spiro atoms. The number of hydrogen-bond acceptors (Lipinski definition) is 5. The number of carbonyl (C=O) groups excluding carboxylic acids is 1. The van der Waals surface area contributed by atoms with Crippen molar-refractivity contribution >= 4 is 28.3 Å². The van der Waals surface area contributed by atoms with Gasteiger partial charge in [-0.3, -0.25) is 4.79 Å². The first-order chi connectivity index (χ1) is 17.6. The van der Waals surface area contributed by atoms with E-state index in [0.717, 1.165) is 22.0 Å². The molecule has 4 aromatic rings. The number of fused-ring (bicyclic) bond motifs is 5. The van der Waals surface area contributed by atoms with Gasteiger partial charge in [0.25, 0.3) is 0 Å². The van der Waals surface area contributed by atoms with E-state index in [2.05, 4.69) is 12.1 Å². The molecule has 0 radical (unpaired) electrons. The third-order valence-corrected chi connectivity index (χ3v) is 7.51. The van der Waals surface area contributed by atoms with Crippen LogP contribution in [0.15, 0.2) is 97.1 Å². The van der Waals surface area contributed by atoms with E-state index >= 15 is 0 Å². The molecule has 1 saturated heterocycles. The summed E-state index contributed by atoms with van der Waals surface area (Å²) >= 11 is 0. The summed E-state index contributed by atoms with van der Waals surface area (Å²) in [7, 11) is 0. The average Bonchev–Trinajstić information content (AvgIpc) is 3.24. The number of nitriles is 2. The summed E-state index contributed by atoms with van der Waals surface area (Å²) in [6, 6.07) is 30.6. The lowest BCUT2D eigenvalue weighted by Gasteiger charge is -2.36. The smallest absolute Gasteiger partial charge is 0.185 e. The molecular formula is C31H21N3O2. The number of anilines is 1. The van der Waals surface area contributed by atoms with Crippen molar-refractivity contribution in [2.24, 2.45) is 5.41 Å². The Bertz CT molecular complexity index is 1610. The zero-order valence-corrected chi connectivity index (χ0v) is 19.2. The average molecular weight is 468 g/mol. The van der Waals surface area contributed by atoms with E-state index in [9.17, 15) is 20.4 Å². The van der Waals surface area contributed by atoms with Gasteiger partial charge in [0.05, 0.1) is 18.2 Å². The highest BCUT2D eigenvalue weighted by Crippen LogP contribution is 2.57. The number of phenolic OH excluding ortho intramolecular Hbond substituents is 1. The lowest BCUT2D eigenvalue weighted by atomic mass is 9.69. The minimum absolute atomic E-state index is 0.0363. The van der Waals surface area contributed by atoms with Crippen molar-refractivity contribution in [3.05, 3.63) is 114 Å². The third kappa shape index (κ3) is 2.90. The molecule has 2 aliphatic rings. The number of benzene rings is 4. The molecule has 0 saturated carbocycles. The van der Waals surface area contributed by atoms with Gasteiger partial charge in [-0.15, -0.1) is 0 Å². The SMILES string of the molecule is N#CC1(C#N)[C@H](c2ccccc2O)[C@@H](C(=O)c2ccccc2)N2c3ccc4ccccc4c3C=C[C@@H]21. The number of aromatic hydroxyl groups is 1. The maximum Gasteiger partial charge on any atom is 0.185 e. The first-order valence-electron chi connectivity index (χ1n) is 11.8. The molecule has 1 fully saturated rings. The minimum Gasteiger partial charge on any atom is -0.508 e. The number of para-hydroxylation sites is 1. The Morgan fingerprint density at radius 2 is 1.56 bits per heavy atom. The maximum atomic E-state index is 14.2. The molecule has 4 aromatic carbocycles. The first-order valence-corrected chi connectivity index (χ1v) is 11.8. The highest BCUT2D eigenvalue weighted by atomic mass is 16.3. The van der Waals surface area contributed by atoms with Gasteiger partial charge in [0.1, 0.15) is 11.8 Å². The van der Waals surface area contributed by atoms with Crippen molar-refractivity contribution in [1.82, 2.24) is 0 Å². The fraction of sp³-hybridized carbons (Fsp3) is 0.129. The van der Waals surface area contributed by atoms with Gasteiger partial charge in [0, 0.05) is 28.3 Å². The fourth-order valence-electron chi connectivity index (χ4n) is 5.92. The molecular weight excluding hydrogens is 446 g/mol. The molecule has 0 unspecified atom stereocenters. The summed E-state index contributed by atoms with van der Waals surface area (Å²) in [6.07, 6.45) is 3.83. The highest BCUT2D eigenvalue weighted by molar-refractivity contribution is 6.06. The molecule has 5 heteroatoms. The number of rotatable bonds is 3. The lowest BCUT2D eigenvalue weighted by Crippen LogP contribution is -2.44. The van der Waals surface area contributed by atoms with E-state index in [1.54, 1.807) is 42.5 Å². The van der Waals surface area contributed by atoms with Crippen LogP contribution in [-0.2, 0) is 0 Å². The van der Waals surface area contributed by atoms with Crippen LogP contribution in [0.5, 0.6) is 5.75 Å². The molecule has 0 amide bonds. The number of hydrogen-bond donors (Lipinski definition) is 1. The molecule has 0 aliphatic carbocycles. The van der Waals surface area contributed by atoms with Crippen LogP contribution in [0.25, 0.3) is 16.8 Å². The molecule has 1 N–H and O–H groups in total. The van der Waals surface area contributed by atoms with E-state index in [1.807, 2.05) is 59.5 Å². The molecule has 172 valence electrons. The van der Waals surface area contributed by atoms with Crippen LogP contribution >= 0.6 is 0 Å². The predicted octanol–water partition coefficient (Wildman–Crippen LogP) is 5.83. The molecule has 2 aliphatic heterocycles. The summed E-state index contributed by atoms with van der Waals surface area (Å²) in [5, 5.41) is 34.0. The summed E-state index contributed by atoms with van der Waals surface area (Å²) in [5.74, 6) is -1.12. The van der Waals surface area contributed by atoms with Crippen LogP contribution in [0.3, 0.4) is 0 Å². The van der Waals surface area contributed by atoms with E-state index in [4.69, 9.17) is 0 Å². The highest BCUT2D eigenvalue weighted by Gasteiger charge is 2.63. The van der Waals surface area contributed by atoms with Crippen molar-refractivity contribution in [2.75, 3.05) is 4.90 Å². The molecule has 5 nitrogen and oxygen atoms in total. The second kappa shape index (κ2) is 8.12. The first kappa shape index (κ1) is 21.6. The van der Waals surface area contributed by atoms with Crippen molar-refractivity contribution in [1.29, 1.82) is 10.5 Å². The maximum absolute atomic E-state index is 14.2. The van der Waals surface area contributed by atoms with Crippen molar-refractivity contribution in [2.45, 2.75) is 18.0 Å². The topological polar surface area (TPSA) is 88.1 Å². The second-order valence-corrected chi connectivity index (χ2v) is 9.23. The van der Waals surface area contributed by atoms with Gasteiger partial charge >= 0.3 is 0 Å². The zero-order valence-electron chi connectivity index (χ0n) is 19.2. The second-order valence-electron chi connectivity index (χ2n) is 9.23. The Morgan fingerprint density at radius 3 is 2.31 bits per heavy atom.